The van der Waals surface area contributed by atoms with Crippen molar-refractivity contribution in [1.29, 1.82) is 0 Å². The van der Waals surface area contributed by atoms with Crippen molar-refractivity contribution in [1.82, 2.24) is 5.32 Å². The molecular formula is C16H15IN2OS. The monoisotopic (exact) mass is 410 g/mol. The highest BCUT2D eigenvalue weighted by Gasteiger charge is 2.10. The van der Waals surface area contributed by atoms with E-state index >= 15 is 0 Å². The number of hydrogen-bond acceptors (Lipinski definition) is 2. The summed E-state index contributed by atoms with van der Waals surface area (Å²) < 4.78 is 0.891. The second-order valence-corrected chi connectivity index (χ2v) is 6.33. The van der Waals surface area contributed by atoms with Crippen LogP contribution >= 0.6 is 34.8 Å². The molecule has 0 saturated heterocycles. The first-order chi connectivity index (χ1) is 9.95. The third kappa shape index (κ3) is 4.50. The fourth-order valence-corrected chi connectivity index (χ4v) is 2.87. The Bertz CT molecular complexity index is 680. The minimum absolute atomic E-state index is 0.207. The lowest BCUT2D eigenvalue weighted by Crippen LogP contribution is -2.34. The van der Waals surface area contributed by atoms with Crippen LogP contribution in [0.5, 0.6) is 0 Å². The van der Waals surface area contributed by atoms with E-state index in [9.17, 15) is 4.79 Å². The van der Waals surface area contributed by atoms with Gasteiger partial charge in [-0.05, 0) is 84.0 Å². The van der Waals surface area contributed by atoms with Gasteiger partial charge in [0.2, 0.25) is 0 Å². The molecule has 0 spiro atoms. The molecule has 108 valence electrons. The standard InChI is InChI=1S/C16H15IN2OS/c1-10-7-11(2)9-12(8-10)18-16(21)19-15(20)13-5-3-4-6-14(13)17/h3-9H,1-2H3,(H2,18,19,20,21). The van der Waals surface area contributed by atoms with Crippen LogP contribution in [0.15, 0.2) is 42.5 Å². The molecule has 21 heavy (non-hydrogen) atoms. The summed E-state index contributed by atoms with van der Waals surface area (Å²) in [7, 11) is 0. The van der Waals surface area contributed by atoms with E-state index in [2.05, 4.69) is 39.3 Å². The number of hydrogen-bond donors (Lipinski definition) is 2. The van der Waals surface area contributed by atoms with Crippen LogP contribution in [-0.4, -0.2) is 11.0 Å². The third-order valence-corrected chi connectivity index (χ3v) is 3.97. The van der Waals surface area contributed by atoms with Gasteiger partial charge >= 0.3 is 0 Å². The highest BCUT2D eigenvalue weighted by molar-refractivity contribution is 14.1. The van der Waals surface area contributed by atoms with Crippen molar-refractivity contribution < 1.29 is 4.79 Å². The maximum Gasteiger partial charge on any atom is 0.258 e. The molecule has 1 amide bonds. The fraction of sp³-hybridized carbons (Fsp3) is 0.125. The van der Waals surface area contributed by atoms with E-state index in [4.69, 9.17) is 12.2 Å². The van der Waals surface area contributed by atoms with Crippen LogP contribution in [0.4, 0.5) is 5.69 Å². The zero-order valence-electron chi connectivity index (χ0n) is 11.7. The van der Waals surface area contributed by atoms with Crippen molar-refractivity contribution in [2.45, 2.75) is 13.8 Å². The Morgan fingerprint density at radius 2 is 1.71 bits per heavy atom. The lowest BCUT2D eigenvalue weighted by Gasteiger charge is -2.11. The summed E-state index contributed by atoms with van der Waals surface area (Å²) in [6.45, 7) is 4.04. The minimum Gasteiger partial charge on any atom is -0.332 e. The van der Waals surface area contributed by atoms with Gasteiger partial charge in [0.15, 0.2) is 5.11 Å². The number of rotatable bonds is 2. The molecule has 0 heterocycles. The molecule has 0 aromatic heterocycles. The van der Waals surface area contributed by atoms with E-state index in [0.29, 0.717) is 10.7 Å². The van der Waals surface area contributed by atoms with Crippen molar-refractivity contribution in [3.8, 4) is 0 Å². The Balaban J connectivity index is 2.05. The molecule has 0 radical (unpaired) electrons. The van der Waals surface area contributed by atoms with Crippen LogP contribution < -0.4 is 10.6 Å². The van der Waals surface area contributed by atoms with Crippen LogP contribution in [0, 0.1) is 17.4 Å². The number of amides is 1. The molecule has 0 atom stereocenters. The van der Waals surface area contributed by atoms with Gasteiger partial charge in [-0.25, -0.2) is 0 Å². The van der Waals surface area contributed by atoms with Gasteiger partial charge in [0.1, 0.15) is 0 Å². The number of aryl methyl sites for hydroxylation is 2. The van der Waals surface area contributed by atoms with E-state index in [0.717, 1.165) is 20.4 Å². The lowest BCUT2D eigenvalue weighted by atomic mass is 10.1. The summed E-state index contributed by atoms with van der Waals surface area (Å²) in [5.74, 6) is -0.207. The van der Waals surface area contributed by atoms with Crippen LogP contribution in [0.1, 0.15) is 21.5 Å². The first-order valence-corrected chi connectivity index (χ1v) is 7.89. The SMILES string of the molecule is Cc1cc(C)cc(NC(=S)NC(=O)c2ccccc2I)c1. The highest BCUT2D eigenvalue weighted by atomic mass is 127. The van der Waals surface area contributed by atoms with Crippen molar-refractivity contribution in [2.24, 2.45) is 0 Å². The second-order valence-electron chi connectivity index (χ2n) is 4.76. The predicted molar refractivity (Wildman–Crippen MR) is 98.8 cm³/mol. The van der Waals surface area contributed by atoms with Gasteiger partial charge < -0.3 is 5.32 Å². The van der Waals surface area contributed by atoms with Crippen molar-refractivity contribution in [3.05, 3.63) is 62.7 Å². The first kappa shape index (κ1) is 15.9. The van der Waals surface area contributed by atoms with Crippen LogP contribution in [-0.2, 0) is 0 Å². The van der Waals surface area contributed by atoms with Crippen LogP contribution in [0.3, 0.4) is 0 Å². The zero-order chi connectivity index (χ0) is 15.4. The van der Waals surface area contributed by atoms with Crippen molar-refractivity contribution >= 4 is 51.5 Å². The molecule has 2 rings (SSSR count). The van der Waals surface area contributed by atoms with E-state index in [1.807, 2.05) is 44.2 Å². The Kier molecular flexibility index (Phi) is 5.30. The quantitative estimate of drug-likeness (QED) is 0.580. The maximum absolute atomic E-state index is 12.2. The van der Waals surface area contributed by atoms with E-state index in [-0.39, 0.29) is 5.91 Å². The smallest absolute Gasteiger partial charge is 0.258 e. The molecule has 0 unspecified atom stereocenters. The summed E-state index contributed by atoms with van der Waals surface area (Å²) >= 11 is 7.33. The number of benzene rings is 2. The van der Waals surface area contributed by atoms with Gasteiger partial charge in [-0.1, -0.05) is 18.2 Å². The summed E-state index contributed by atoms with van der Waals surface area (Å²) in [6, 6.07) is 13.4. The molecule has 0 aliphatic heterocycles. The number of nitrogens with one attached hydrogen (secondary N) is 2. The van der Waals surface area contributed by atoms with Crippen LogP contribution in [0.25, 0.3) is 0 Å². The minimum atomic E-state index is -0.207. The zero-order valence-corrected chi connectivity index (χ0v) is 14.7. The van der Waals surface area contributed by atoms with Crippen LogP contribution in [0.2, 0.25) is 0 Å². The van der Waals surface area contributed by atoms with Gasteiger partial charge in [-0.15, -0.1) is 0 Å². The van der Waals surface area contributed by atoms with Gasteiger partial charge in [0.05, 0.1) is 5.56 Å². The van der Waals surface area contributed by atoms with E-state index < -0.39 is 0 Å². The summed E-state index contributed by atoms with van der Waals surface area (Å²) in [5.41, 5.74) is 3.77. The Hall–Kier alpha value is -1.47. The highest BCUT2D eigenvalue weighted by Crippen LogP contribution is 2.14. The Labute approximate surface area is 143 Å². The van der Waals surface area contributed by atoms with Gasteiger partial charge in [0.25, 0.3) is 5.91 Å². The maximum atomic E-state index is 12.2. The van der Waals surface area contributed by atoms with Crippen molar-refractivity contribution in [2.75, 3.05) is 5.32 Å². The Morgan fingerprint density at radius 1 is 1.10 bits per heavy atom. The van der Waals surface area contributed by atoms with Gasteiger partial charge in [0, 0.05) is 9.26 Å². The molecule has 3 nitrogen and oxygen atoms in total. The summed E-state index contributed by atoms with van der Waals surface area (Å²) in [4.78, 5) is 12.2. The number of halogens is 1. The topological polar surface area (TPSA) is 41.1 Å². The lowest BCUT2D eigenvalue weighted by molar-refractivity contribution is 0.0977. The second kappa shape index (κ2) is 7.00. The molecule has 5 heteroatoms. The molecule has 2 N–H and O–H groups in total. The normalized spacial score (nSPS) is 10.0. The fourth-order valence-electron chi connectivity index (χ4n) is 2.02. The number of anilines is 1. The molecule has 2 aromatic carbocycles. The first-order valence-electron chi connectivity index (χ1n) is 6.41. The molecule has 2 aromatic rings. The molecule has 0 saturated carbocycles. The predicted octanol–water partition coefficient (Wildman–Crippen LogP) is 4.03. The number of carbonyl (C=O) groups excluding carboxylic acids is 1. The number of thiocarbonyl (C=S) groups is 1. The summed E-state index contributed by atoms with van der Waals surface area (Å²) in [6.07, 6.45) is 0. The largest absolute Gasteiger partial charge is 0.332 e. The number of carbonyl (C=O) groups is 1. The van der Waals surface area contributed by atoms with E-state index in [1.54, 1.807) is 6.07 Å². The molecular weight excluding hydrogens is 395 g/mol. The molecule has 0 aliphatic carbocycles. The van der Waals surface area contributed by atoms with Gasteiger partial charge in [-0.3, -0.25) is 10.1 Å². The third-order valence-electron chi connectivity index (χ3n) is 2.83. The van der Waals surface area contributed by atoms with Gasteiger partial charge in [-0.2, -0.15) is 0 Å². The Morgan fingerprint density at radius 3 is 2.33 bits per heavy atom. The van der Waals surface area contributed by atoms with E-state index in [1.165, 1.54) is 0 Å². The molecule has 0 fully saturated rings. The van der Waals surface area contributed by atoms with Crippen molar-refractivity contribution in [3.63, 3.8) is 0 Å². The average molecular weight is 410 g/mol. The summed E-state index contributed by atoms with van der Waals surface area (Å²) in [5, 5.41) is 6.04. The average Bonchev–Trinajstić information content (AvgIpc) is 2.37. The molecule has 0 bridgehead atoms. The molecule has 0 aliphatic rings.